The van der Waals surface area contributed by atoms with Crippen LogP contribution < -0.4 is 11.3 Å². The van der Waals surface area contributed by atoms with Crippen molar-refractivity contribution in [2.45, 2.75) is 6.92 Å². The zero-order chi connectivity index (χ0) is 10.8. The molecule has 0 saturated heterocycles. The Labute approximate surface area is 91.1 Å². The van der Waals surface area contributed by atoms with E-state index in [0.29, 0.717) is 16.8 Å². The molecule has 0 aliphatic rings. The first-order valence-corrected chi connectivity index (χ1v) is 4.60. The lowest BCUT2D eigenvalue weighted by Crippen LogP contribution is -2.12. The van der Waals surface area contributed by atoms with Gasteiger partial charge >= 0.3 is 0 Å². The first-order valence-electron chi connectivity index (χ1n) is 4.22. The smallest absolute Gasteiger partial charge is 0.239 e. The fourth-order valence-electron chi connectivity index (χ4n) is 1.12. The third-order valence-corrected chi connectivity index (χ3v) is 2.06. The van der Waals surface area contributed by atoms with E-state index in [1.54, 1.807) is 10.9 Å². The molecule has 0 radical (unpaired) electrons. The van der Waals surface area contributed by atoms with Crippen molar-refractivity contribution in [2.24, 2.45) is 5.84 Å². The Morgan fingerprint density at radius 3 is 2.93 bits per heavy atom. The van der Waals surface area contributed by atoms with Gasteiger partial charge in [0.2, 0.25) is 5.95 Å². The number of anilines is 1. The van der Waals surface area contributed by atoms with Crippen molar-refractivity contribution < 1.29 is 0 Å². The summed E-state index contributed by atoms with van der Waals surface area (Å²) in [6.45, 7) is 1.88. The molecular weight excluding hydrogens is 216 g/mol. The van der Waals surface area contributed by atoms with E-state index in [-0.39, 0.29) is 0 Å². The molecule has 0 amide bonds. The number of nitrogen functional groups attached to an aromatic ring is 1. The minimum Gasteiger partial charge on any atom is -0.292 e. The molecule has 0 fully saturated rings. The summed E-state index contributed by atoms with van der Waals surface area (Å²) in [5, 5.41) is 4.60. The third-order valence-electron chi connectivity index (χ3n) is 1.79. The zero-order valence-electron chi connectivity index (χ0n) is 7.98. The molecule has 78 valence electrons. The Kier molecular flexibility index (Phi) is 2.53. The molecule has 0 saturated carbocycles. The monoisotopic (exact) mass is 224 g/mol. The predicted molar refractivity (Wildman–Crippen MR) is 56.7 cm³/mol. The average Bonchev–Trinajstić information content (AvgIpc) is 2.65. The highest BCUT2D eigenvalue weighted by Crippen LogP contribution is 2.17. The first-order chi connectivity index (χ1) is 7.20. The van der Waals surface area contributed by atoms with Crippen LogP contribution in [0.15, 0.2) is 18.5 Å². The Bertz CT molecular complexity index is 480. The van der Waals surface area contributed by atoms with Crippen molar-refractivity contribution >= 4 is 17.5 Å². The van der Waals surface area contributed by atoms with Crippen LogP contribution in [0.2, 0.25) is 5.02 Å². The van der Waals surface area contributed by atoms with Crippen molar-refractivity contribution in [3.8, 4) is 5.82 Å². The van der Waals surface area contributed by atoms with Gasteiger partial charge in [0.25, 0.3) is 0 Å². The van der Waals surface area contributed by atoms with E-state index >= 15 is 0 Å². The van der Waals surface area contributed by atoms with Crippen LogP contribution in [0.5, 0.6) is 0 Å². The van der Waals surface area contributed by atoms with Gasteiger partial charge in [-0.1, -0.05) is 11.6 Å². The van der Waals surface area contributed by atoms with Gasteiger partial charge in [0.05, 0.1) is 11.9 Å². The van der Waals surface area contributed by atoms with Crippen molar-refractivity contribution in [3.63, 3.8) is 0 Å². The van der Waals surface area contributed by atoms with Crippen molar-refractivity contribution in [1.29, 1.82) is 0 Å². The van der Waals surface area contributed by atoms with Gasteiger partial charge in [0.1, 0.15) is 5.02 Å². The number of aromatic nitrogens is 4. The quantitative estimate of drug-likeness (QED) is 0.585. The summed E-state index contributed by atoms with van der Waals surface area (Å²) >= 11 is 5.94. The molecule has 0 aromatic carbocycles. The largest absolute Gasteiger partial charge is 0.292 e. The highest BCUT2D eigenvalue weighted by molar-refractivity contribution is 6.32. The van der Waals surface area contributed by atoms with E-state index in [1.807, 2.05) is 13.0 Å². The molecule has 0 aliphatic carbocycles. The molecule has 2 aromatic heterocycles. The topological polar surface area (TPSA) is 81.7 Å². The van der Waals surface area contributed by atoms with E-state index in [9.17, 15) is 0 Å². The molecule has 0 bridgehead atoms. The lowest BCUT2D eigenvalue weighted by atomic mass is 10.5. The van der Waals surface area contributed by atoms with E-state index in [1.165, 1.54) is 6.20 Å². The number of nitrogens with two attached hydrogens (primary N) is 1. The summed E-state index contributed by atoms with van der Waals surface area (Å²) in [7, 11) is 0. The molecule has 2 heterocycles. The number of nitrogens with zero attached hydrogens (tertiary/aromatic N) is 4. The van der Waals surface area contributed by atoms with Gasteiger partial charge in [-0.2, -0.15) is 10.1 Å². The lowest BCUT2D eigenvalue weighted by Gasteiger charge is -2.04. The van der Waals surface area contributed by atoms with Crippen LogP contribution in [0.1, 0.15) is 5.69 Å². The van der Waals surface area contributed by atoms with Crippen LogP contribution in [-0.4, -0.2) is 19.7 Å². The fourth-order valence-corrected chi connectivity index (χ4v) is 1.30. The van der Waals surface area contributed by atoms with E-state index in [4.69, 9.17) is 17.4 Å². The third kappa shape index (κ3) is 1.90. The van der Waals surface area contributed by atoms with Crippen LogP contribution in [0.4, 0.5) is 5.95 Å². The molecule has 7 heteroatoms. The summed E-state index contributed by atoms with van der Waals surface area (Å²) in [5.41, 5.74) is 3.23. The van der Waals surface area contributed by atoms with Gasteiger partial charge in [-0.05, 0) is 13.0 Å². The molecule has 3 N–H and O–H groups in total. The molecule has 6 nitrogen and oxygen atoms in total. The van der Waals surface area contributed by atoms with Crippen LogP contribution in [0.25, 0.3) is 5.82 Å². The van der Waals surface area contributed by atoms with Gasteiger partial charge in [-0.25, -0.2) is 15.5 Å². The van der Waals surface area contributed by atoms with Gasteiger partial charge in [-0.15, -0.1) is 0 Å². The fraction of sp³-hybridized carbons (Fsp3) is 0.125. The number of aryl methyl sites for hydroxylation is 1. The molecule has 15 heavy (non-hydrogen) atoms. The Hall–Kier alpha value is -1.66. The van der Waals surface area contributed by atoms with Crippen LogP contribution in [-0.2, 0) is 0 Å². The van der Waals surface area contributed by atoms with E-state index < -0.39 is 0 Å². The standard InChI is InChI=1S/C8H9ClN6/c1-5-2-3-15(14-5)7-6(9)4-11-8(12-7)13-10/h2-4H,10H2,1H3,(H,11,12,13). The van der Waals surface area contributed by atoms with E-state index in [0.717, 1.165) is 5.69 Å². The Balaban J connectivity index is 2.51. The maximum atomic E-state index is 5.94. The number of nitrogens with one attached hydrogen (secondary N) is 1. The van der Waals surface area contributed by atoms with Gasteiger partial charge < -0.3 is 0 Å². The van der Waals surface area contributed by atoms with Gasteiger partial charge in [0.15, 0.2) is 5.82 Å². The summed E-state index contributed by atoms with van der Waals surface area (Å²) in [4.78, 5) is 7.97. The lowest BCUT2D eigenvalue weighted by molar-refractivity contribution is 0.826. The summed E-state index contributed by atoms with van der Waals surface area (Å²) < 4.78 is 1.57. The maximum Gasteiger partial charge on any atom is 0.239 e. The van der Waals surface area contributed by atoms with Gasteiger partial charge in [-0.3, -0.25) is 5.43 Å². The molecule has 0 unspecified atom stereocenters. The normalized spacial score (nSPS) is 10.3. The summed E-state index contributed by atoms with van der Waals surface area (Å²) in [6, 6.07) is 1.86. The highest BCUT2D eigenvalue weighted by atomic mass is 35.5. The minimum atomic E-state index is 0.294. The second-order valence-corrected chi connectivity index (χ2v) is 3.32. The molecular formula is C8H9ClN6. The number of rotatable bonds is 2. The number of hydrazine groups is 1. The van der Waals surface area contributed by atoms with E-state index in [2.05, 4.69) is 20.5 Å². The number of hydrogen-bond acceptors (Lipinski definition) is 5. The van der Waals surface area contributed by atoms with Crippen molar-refractivity contribution in [3.05, 3.63) is 29.2 Å². The zero-order valence-corrected chi connectivity index (χ0v) is 8.73. The minimum absolute atomic E-state index is 0.294. The summed E-state index contributed by atoms with van der Waals surface area (Å²) in [6.07, 6.45) is 3.24. The molecule has 0 spiro atoms. The predicted octanol–water partition coefficient (Wildman–Crippen LogP) is 0.910. The second-order valence-electron chi connectivity index (χ2n) is 2.91. The van der Waals surface area contributed by atoms with Crippen LogP contribution in [0.3, 0.4) is 0 Å². The number of hydrogen-bond donors (Lipinski definition) is 2. The first kappa shape index (κ1) is 9.88. The van der Waals surface area contributed by atoms with Crippen molar-refractivity contribution in [1.82, 2.24) is 19.7 Å². The summed E-state index contributed by atoms with van der Waals surface area (Å²) in [5.74, 6) is 5.99. The molecule has 0 aliphatic heterocycles. The van der Waals surface area contributed by atoms with Crippen LogP contribution >= 0.6 is 11.6 Å². The van der Waals surface area contributed by atoms with Crippen LogP contribution in [0, 0.1) is 6.92 Å². The number of halogens is 1. The highest BCUT2D eigenvalue weighted by Gasteiger charge is 2.07. The van der Waals surface area contributed by atoms with Crippen molar-refractivity contribution in [2.75, 3.05) is 5.43 Å². The SMILES string of the molecule is Cc1ccn(-c2nc(NN)ncc2Cl)n1. The average molecular weight is 225 g/mol. The Morgan fingerprint density at radius 2 is 2.33 bits per heavy atom. The molecule has 2 aromatic rings. The molecule has 0 atom stereocenters. The van der Waals surface area contributed by atoms with Gasteiger partial charge in [0, 0.05) is 6.20 Å². The molecule has 2 rings (SSSR count). The Morgan fingerprint density at radius 1 is 1.53 bits per heavy atom. The maximum absolute atomic E-state index is 5.94. The second kappa shape index (κ2) is 3.84.